The lowest BCUT2D eigenvalue weighted by atomic mass is 9.96. The Morgan fingerprint density at radius 1 is 1.04 bits per heavy atom. The quantitative estimate of drug-likeness (QED) is 0.826. The van der Waals surface area contributed by atoms with Gasteiger partial charge < -0.3 is 9.64 Å². The van der Waals surface area contributed by atoms with Crippen molar-refractivity contribution in [2.24, 2.45) is 5.92 Å². The Morgan fingerprint density at radius 2 is 1.77 bits per heavy atom. The standard InChI is InChI=1S/C21H30N4O/c1-18-17-21(22-25(18)20-5-3-2-4-6-20)24-13-11-23(12-14-24)10-7-19-8-15-26-16-9-19/h2-6,17,19H,7-16H2,1H3. The van der Waals surface area contributed by atoms with Gasteiger partial charge in [0.2, 0.25) is 0 Å². The SMILES string of the molecule is Cc1cc(N2CCN(CCC3CCOCC3)CC2)nn1-c1ccccc1. The van der Waals surface area contributed by atoms with E-state index >= 15 is 0 Å². The van der Waals surface area contributed by atoms with E-state index < -0.39 is 0 Å². The Balaban J connectivity index is 1.31. The molecule has 0 amide bonds. The second-order valence-electron chi connectivity index (χ2n) is 7.56. The van der Waals surface area contributed by atoms with Gasteiger partial charge in [-0.2, -0.15) is 5.10 Å². The Bertz CT molecular complexity index is 685. The minimum Gasteiger partial charge on any atom is -0.381 e. The summed E-state index contributed by atoms with van der Waals surface area (Å²) in [6.07, 6.45) is 3.82. The van der Waals surface area contributed by atoms with Crippen molar-refractivity contribution in [2.45, 2.75) is 26.2 Å². The first kappa shape index (κ1) is 17.6. The average molecular weight is 354 g/mol. The molecule has 0 N–H and O–H groups in total. The maximum Gasteiger partial charge on any atom is 0.151 e. The monoisotopic (exact) mass is 354 g/mol. The van der Waals surface area contributed by atoms with Crippen LogP contribution in [-0.4, -0.2) is 60.6 Å². The number of hydrogen-bond donors (Lipinski definition) is 0. The van der Waals surface area contributed by atoms with Crippen LogP contribution in [-0.2, 0) is 4.74 Å². The first-order chi connectivity index (χ1) is 12.8. The molecule has 2 saturated heterocycles. The van der Waals surface area contributed by atoms with Crippen molar-refractivity contribution < 1.29 is 4.74 Å². The van der Waals surface area contributed by atoms with Gasteiger partial charge >= 0.3 is 0 Å². The minimum atomic E-state index is 0.867. The fraction of sp³-hybridized carbons (Fsp3) is 0.571. The third-order valence-electron chi connectivity index (χ3n) is 5.77. The topological polar surface area (TPSA) is 33.5 Å². The molecule has 4 rings (SSSR count). The Hall–Kier alpha value is -1.85. The first-order valence-electron chi connectivity index (χ1n) is 9.97. The summed E-state index contributed by atoms with van der Waals surface area (Å²) in [6, 6.07) is 12.6. The zero-order valence-electron chi connectivity index (χ0n) is 15.8. The van der Waals surface area contributed by atoms with Crippen LogP contribution in [0.2, 0.25) is 0 Å². The van der Waals surface area contributed by atoms with Crippen molar-refractivity contribution >= 4 is 5.82 Å². The Labute approximate surface area is 156 Å². The van der Waals surface area contributed by atoms with Crippen molar-refractivity contribution in [3.8, 4) is 5.69 Å². The number of nitrogens with zero attached hydrogens (tertiary/aromatic N) is 4. The van der Waals surface area contributed by atoms with Crippen LogP contribution in [0.5, 0.6) is 0 Å². The predicted molar refractivity (Wildman–Crippen MR) is 105 cm³/mol. The summed E-state index contributed by atoms with van der Waals surface area (Å²) in [5.41, 5.74) is 2.32. The zero-order valence-corrected chi connectivity index (χ0v) is 15.8. The molecule has 1 aromatic heterocycles. The molecular weight excluding hydrogens is 324 g/mol. The highest BCUT2D eigenvalue weighted by Gasteiger charge is 2.21. The van der Waals surface area contributed by atoms with Gasteiger partial charge in [0, 0.05) is 51.2 Å². The van der Waals surface area contributed by atoms with Crippen LogP contribution in [0.15, 0.2) is 36.4 Å². The number of benzene rings is 1. The maximum absolute atomic E-state index is 5.47. The number of hydrogen-bond acceptors (Lipinski definition) is 4. The summed E-state index contributed by atoms with van der Waals surface area (Å²) in [6.45, 7) is 9.70. The fourth-order valence-corrected chi connectivity index (χ4v) is 4.04. The molecule has 2 aliphatic heterocycles. The zero-order chi connectivity index (χ0) is 17.8. The highest BCUT2D eigenvalue weighted by Crippen LogP contribution is 2.21. The van der Waals surface area contributed by atoms with Gasteiger partial charge in [-0.05, 0) is 50.8 Å². The Morgan fingerprint density at radius 3 is 2.50 bits per heavy atom. The highest BCUT2D eigenvalue weighted by atomic mass is 16.5. The number of ether oxygens (including phenoxy) is 1. The van der Waals surface area contributed by atoms with Crippen LogP contribution < -0.4 is 4.90 Å². The van der Waals surface area contributed by atoms with Crippen molar-refractivity contribution in [2.75, 3.05) is 50.8 Å². The molecule has 2 aliphatic rings. The fourth-order valence-electron chi connectivity index (χ4n) is 4.04. The molecule has 0 radical (unpaired) electrons. The van der Waals surface area contributed by atoms with Gasteiger partial charge in [0.15, 0.2) is 5.82 Å². The molecular formula is C21H30N4O. The van der Waals surface area contributed by atoms with Crippen LogP contribution >= 0.6 is 0 Å². The summed E-state index contributed by atoms with van der Waals surface area (Å²) in [4.78, 5) is 5.05. The summed E-state index contributed by atoms with van der Waals surface area (Å²) in [5, 5.41) is 4.86. The van der Waals surface area contributed by atoms with E-state index in [4.69, 9.17) is 9.84 Å². The summed E-state index contributed by atoms with van der Waals surface area (Å²) < 4.78 is 7.52. The van der Waals surface area contributed by atoms with E-state index in [9.17, 15) is 0 Å². The molecule has 2 fully saturated rings. The smallest absolute Gasteiger partial charge is 0.151 e. The molecule has 5 heteroatoms. The van der Waals surface area contributed by atoms with Crippen LogP contribution in [0.1, 0.15) is 25.0 Å². The molecule has 3 heterocycles. The molecule has 140 valence electrons. The van der Waals surface area contributed by atoms with Crippen molar-refractivity contribution in [3.05, 3.63) is 42.1 Å². The van der Waals surface area contributed by atoms with E-state index in [1.807, 2.05) is 10.7 Å². The average Bonchev–Trinajstić information content (AvgIpc) is 3.10. The molecule has 1 aromatic carbocycles. The second kappa shape index (κ2) is 8.23. The maximum atomic E-state index is 5.47. The second-order valence-corrected chi connectivity index (χ2v) is 7.56. The van der Waals surface area contributed by atoms with Gasteiger partial charge in [0.05, 0.1) is 5.69 Å². The third-order valence-corrected chi connectivity index (χ3v) is 5.77. The number of para-hydroxylation sites is 1. The van der Waals surface area contributed by atoms with Gasteiger partial charge in [-0.3, -0.25) is 4.90 Å². The lowest BCUT2D eigenvalue weighted by Gasteiger charge is -2.35. The number of piperazine rings is 1. The van der Waals surface area contributed by atoms with Crippen molar-refractivity contribution in [3.63, 3.8) is 0 Å². The van der Waals surface area contributed by atoms with Gasteiger partial charge in [0.25, 0.3) is 0 Å². The summed E-state index contributed by atoms with van der Waals surface area (Å²) in [7, 11) is 0. The first-order valence-corrected chi connectivity index (χ1v) is 9.97. The van der Waals surface area contributed by atoms with Crippen LogP contribution in [0.3, 0.4) is 0 Å². The van der Waals surface area contributed by atoms with E-state index in [-0.39, 0.29) is 0 Å². The molecule has 0 atom stereocenters. The molecule has 0 aliphatic carbocycles. The summed E-state index contributed by atoms with van der Waals surface area (Å²) >= 11 is 0. The predicted octanol–water partition coefficient (Wildman–Crippen LogP) is 3.12. The van der Waals surface area contributed by atoms with E-state index in [0.29, 0.717) is 0 Å². The van der Waals surface area contributed by atoms with Crippen molar-refractivity contribution in [1.29, 1.82) is 0 Å². The van der Waals surface area contributed by atoms with Crippen LogP contribution in [0, 0.1) is 12.8 Å². The van der Waals surface area contributed by atoms with Crippen molar-refractivity contribution in [1.82, 2.24) is 14.7 Å². The number of anilines is 1. The molecule has 5 nitrogen and oxygen atoms in total. The summed E-state index contributed by atoms with van der Waals surface area (Å²) in [5.74, 6) is 1.97. The molecule has 0 unspecified atom stereocenters. The molecule has 26 heavy (non-hydrogen) atoms. The van der Waals surface area contributed by atoms with E-state index in [1.165, 1.54) is 31.5 Å². The van der Waals surface area contributed by atoms with E-state index in [1.54, 1.807) is 0 Å². The molecule has 0 bridgehead atoms. The largest absolute Gasteiger partial charge is 0.381 e. The minimum absolute atomic E-state index is 0.867. The lowest BCUT2D eigenvalue weighted by molar-refractivity contribution is 0.0598. The third kappa shape index (κ3) is 4.10. The number of aromatic nitrogens is 2. The lowest BCUT2D eigenvalue weighted by Crippen LogP contribution is -2.47. The molecule has 0 saturated carbocycles. The normalized spacial score (nSPS) is 19.8. The van der Waals surface area contributed by atoms with Crippen LogP contribution in [0.4, 0.5) is 5.82 Å². The molecule has 0 spiro atoms. The number of aryl methyl sites for hydroxylation is 1. The van der Waals surface area contributed by atoms with Crippen LogP contribution in [0.25, 0.3) is 5.69 Å². The number of rotatable bonds is 5. The van der Waals surface area contributed by atoms with Gasteiger partial charge in [-0.15, -0.1) is 0 Å². The van der Waals surface area contributed by atoms with E-state index in [2.05, 4.69) is 47.1 Å². The van der Waals surface area contributed by atoms with Gasteiger partial charge in [-0.25, -0.2) is 4.68 Å². The van der Waals surface area contributed by atoms with E-state index in [0.717, 1.165) is 56.8 Å². The highest BCUT2D eigenvalue weighted by molar-refractivity contribution is 5.44. The molecule has 2 aromatic rings. The Kier molecular flexibility index (Phi) is 5.56. The van der Waals surface area contributed by atoms with Gasteiger partial charge in [0.1, 0.15) is 0 Å². The van der Waals surface area contributed by atoms with Gasteiger partial charge in [-0.1, -0.05) is 18.2 Å².